The molecule has 2 nitrogen and oxygen atoms in total. The van der Waals surface area contributed by atoms with Crippen molar-refractivity contribution in [2.24, 2.45) is 0 Å². The lowest BCUT2D eigenvalue weighted by Crippen LogP contribution is -2.14. The lowest BCUT2D eigenvalue weighted by molar-refractivity contribution is 0.102. The van der Waals surface area contributed by atoms with Crippen molar-refractivity contribution in [1.29, 1.82) is 0 Å². The van der Waals surface area contributed by atoms with Crippen LogP contribution in [0.25, 0.3) is 0 Å². The Morgan fingerprint density at radius 3 is 2.40 bits per heavy atom. The number of hydrogen-bond acceptors (Lipinski definition) is 1. The molecule has 2 rings (SSSR count). The van der Waals surface area contributed by atoms with Crippen LogP contribution in [0.5, 0.6) is 0 Å². The van der Waals surface area contributed by atoms with Crippen molar-refractivity contribution in [3.05, 3.63) is 62.0 Å². The first-order valence-corrected chi connectivity index (χ1v) is 6.84. The summed E-state index contributed by atoms with van der Waals surface area (Å²) < 4.78 is 27.5. The third-order valence-electron chi connectivity index (χ3n) is 2.43. The van der Waals surface area contributed by atoms with Gasteiger partial charge in [0.2, 0.25) is 0 Å². The van der Waals surface area contributed by atoms with Gasteiger partial charge in [-0.15, -0.1) is 0 Å². The zero-order valence-electron chi connectivity index (χ0n) is 9.68. The molecule has 0 aliphatic heterocycles. The molecule has 0 spiro atoms. The molecule has 2 aromatic rings. The van der Waals surface area contributed by atoms with E-state index in [4.69, 9.17) is 23.2 Å². The molecule has 0 atom stereocenters. The van der Waals surface area contributed by atoms with Crippen LogP contribution >= 0.6 is 39.1 Å². The molecule has 0 saturated heterocycles. The van der Waals surface area contributed by atoms with Crippen LogP contribution in [0.2, 0.25) is 10.0 Å². The summed E-state index contributed by atoms with van der Waals surface area (Å²) in [5.74, 6) is -2.14. The summed E-state index contributed by atoms with van der Waals surface area (Å²) in [6.45, 7) is 0. The lowest BCUT2D eigenvalue weighted by Gasteiger charge is -2.08. The highest BCUT2D eigenvalue weighted by atomic mass is 79.9. The van der Waals surface area contributed by atoms with E-state index < -0.39 is 17.5 Å². The molecule has 0 saturated carbocycles. The van der Waals surface area contributed by atoms with E-state index in [1.165, 1.54) is 12.1 Å². The molecule has 0 fully saturated rings. The molecule has 0 radical (unpaired) electrons. The topological polar surface area (TPSA) is 29.1 Å². The minimum atomic E-state index is -0.780. The Hall–Kier alpha value is -1.17. The van der Waals surface area contributed by atoms with Gasteiger partial charge in [0.25, 0.3) is 5.91 Å². The average Bonchev–Trinajstić information content (AvgIpc) is 2.37. The summed E-state index contributed by atoms with van der Waals surface area (Å²) in [7, 11) is 0. The number of amides is 1. The second-order valence-corrected chi connectivity index (χ2v) is 5.55. The van der Waals surface area contributed by atoms with Gasteiger partial charge in [-0.05, 0) is 30.3 Å². The van der Waals surface area contributed by atoms with Gasteiger partial charge in [0.15, 0.2) is 0 Å². The number of halogens is 5. The van der Waals surface area contributed by atoms with Crippen LogP contribution in [-0.4, -0.2) is 5.91 Å². The van der Waals surface area contributed by atoms with Crippen molar-refractivity contribution in [3.8, 4) is 0 Å². The number of anilines is 1. The van der Waals surface area contributed by atoms with E-state index in [9.17, 15) is 13.6 Å². The predicted molar refractivity (Wildman–Crippen MR) is 78.5 cm³/mol. The molecule has 1 N–H and O–H groups in total. The van der Waals surface area contributed by atoms with Gasteiger partial charge in [0.1, 0.15) is 11.6 Å². The summed E-state index contributed by atoms with van der Waals surface area (Å²) in [6.07, 6.45) is 0. The van der Waals surface area contributed by atoms with E-state index in [0.717, 1.165) is 12.1 Å². The van der Waals surface area contributed by atoms with Crippen molar-refractivity contribution in [3.63, 3.8) is 0 Å². The fourth-order valence-corrected chi connectivity index (χ4v) is 2.28. The van der Waals surface area contributed by atoms with Crippen LogP contribution in [0.4, 0.5) is 14.5 Å². The summed E-state index contributed by atoms with van der Waals surface area (Å²) in [6, 6.07) is 6.14. The molecule has 1 amide bonds. The second-order valence-electron chi connectivity index (χ2n) is 3.82. The van der Waals surface area contributed by atoms with Crippen LogP contribution in [0.1, 0.15) is 10.4 Å². The standard InChI is InChI=1S/C13H6BrCl2F2NO/c14-6-1-2-12(11(18)3-6)19-13(20)7-4-10(17)9(16)5-8(7)15/h1-5H,(H,19,20). The Morgan fingerprint density at radius 2 is 1.75 bits per heavy atom. The maximum atomic E-state index is 13.6. The van der Waals surface area contributed by atoms with E-state index in [1.807, 2.05) is 0 Å². The average molecular weight is 381 g/mol. The highest BCUT2D eigenvalue weighted by Crippen LogP contribution is 2.26. The third kappa shape index (κ3) is 3.29. The minimum absolute atomic E-state index is 0.0218. The van der Waals surface area contributed by atoms with Crippen LogP contribution in [0.15, 0.2) is 34.8 Å². The van der Waals surface area contributed by atoms with E-state index in [2.05, 4.69) is 21.2 Å². The molecule has 104 valence electrons. The van der Waals surface area contributed by atoms with Gasteiger partial charge in [-0.2, -0.15) is 0 Å². The third-order valence-corrected chi connectivity index (χ3v) is 3.53. The lowest BCUT2D eigenvalue weighted by atomic mass is 10.2. The zero-order chi connectivity index (χ0) is 14.9. The number of nitrogens with one attached hydrogen (secondary N) is 1. The predicted octanol–water partition coefficient (Wildman–Crippen LogP) is 5.29. The van der Waals surface area contributed by atoms with E-state index >= 15 is 0 Å². The van der Waals surface area contributed by atoms with Gasteiger partial charge in [-0.3, -0.25) is 4.79 Å². The Bertz CT molecular complexity index is 694. The van der Waals surface area contributed by atoms with Crippen molar-refractivity contribution >= 4 is 50.7 Å². The SMILES string of the molecule is O=C(Nc1ccc(Br)cc1F)c1cc(F)c(Cl)cc1Cl. The molecule has 0 aliphatic rings. The number of hydrogen-bond donors (Lipinski definition) is 1. The smallest absolute Gasteiger partial charge is 0.257 e. The number of rotatable bonds is 2. The molecule has 0 aliphatic carbocycles. The zero-order valence-corrected chi connectivity index (χ0v) is 12.8. The maximum absolute atomic E-state index is 13.6. The molecule has 20 heavy (non-hydrogen) atoms. The highest BCUT2D eigenvalue weighted by molar-refractivity contribution is 9.10. The molecule has 7 heteroatoms. The van der Waals surface area contributed by atoms with Gasteiger partial charge in [0.05, 0.1) is 21.3 Å². The number of benzene rings is 2. The fourth-order valence-electron chi connectivity index (χ4n) is 1.48. The molecule has 0 bridgehead atoms. The fraction of sp³-hybridized carbons (Fsp3) is 0. The van der Waals surface area contributed by atoms with Gasteiger partial charge in [-0.1, -0.05) is 39.1 Å². The van der Waals surface area contributed by atoms with Crippen molar-refractivity contribution in [2.75, 3.05) is 5.32 Å². The van der Waals surface area contributed by atoms with E-state index in [0.29, 0.717) is 4.47 Å². The summed E-state index contributed by atoms with van der Waals surface area (Å²) >= 11 is 14.4. The van der Waals surface area contributed by atoms with Gasteiger partial charge in [0, 0.05) is 4.47 Å². The molecular weight excluding hydrogens is 375 g/mol. The van der Waals surface area contributed by atoms with Gasteiger partial charge >= 0.3 is 0 Å². The summed E-state index contributed by atoms with van der Waals surface area (Å²) in [5.41, 5.74) is -0.166. The molecule has 2 aromatic carbocycles. The number of carbonyl (C=O) groups is 1. The summed E-state index contributed by atoms with van der Waals surface area (Å²) in [5, 5.41) is 2.10. The van der Waals surface area contributed by atoms with Crippen molar-refractivity contribution < 1.29 is 13.6 Å². The van der Waals surface area contributed by atoms with Gasteiger partial charge in [-0.25, -0.2) is 8.78 Å². The Balaban J connectivity index is 2.31. The second kappa shape index (κ2) is 6.08. The Morgan fingerprint density at radius 1 is 1.05 bits per heavy atom. The summed E-state index contributed by atoms with van der Waals surface area (Å²) in [4.78, 5) is 12.0. The van der Waals surface area contributed by atoms with Crippen molar-refractivity contribution in [2.45, 2.75) is 0 Å². The van der Waals surface area contributed by atoms with Crippen LogP contribution in [-0.2, 0) is 0 Å². The molecule has 0 heterocycles. The number of carbonyl (C=O) groups excluding carboxylic acids is 1. The highest BCUT2D eigenvalue weighted by Gasteiger charge is 2.15. The largest absolute Gasteiger partial charge is 0.319 e. The first-order valence-electron chi connectivity index (χ1n) is 5.29. The van der Waals surface area contributed by atoms with Crippen LogP contribution in [0.3, 0.4) is 0 Å². The van der Waals surface area contributed by atoms with E-state index in [-0.39, 0.29) is 21.3 Å². The van der Waals surface area contributed by atoms with Crippen LogP contribution in [0, 0.1) is 11.6 Å². The Kier molecular flexibility index (Phi) is 4.62. The van der Waals surface area contributed by atoms with Crippen molar-refractivity contribution in [1.82, 2.24) is 0 Å². The molecular formula is C13H6BrCl2F2NO. The Labute approximate surface area is 131 Å². The minimum Gasteiger partial charge on any atom is -0.319 e. The molecule has 0 unspecified atom stereocenters. The first kappa shape index (κ1) is 15.2. The maximum Gasteiger partial charge on any atom is 0.257 e. The van der Waals surface area contributed by atoms with Gasteiger partial charge < -0.3 is 5.32 Å². The quantitative estimate of drug-likeness (QED) is 0.705. The van der Waals surface area contributed by atoms with Crippen LogP contribution < -0.4 is 5.32 Å². The monoisotopic (exact) mass is 379 g/mol. The van der Waals surface area contributed by atoms with E-state index in [1.54, 1.807) is 6.07 Å². The molecule has 0 aromatic heterocycles. The normalized spacial score (nSPS) is 10.4. The first-order chi connectivity index (χ1) is 9.38.